The van der Waals surface area contributed by atoms with E-state index in [4.69, 9.17) is 21.1 Å². The van der Waals surface area contributed by atoms with E-state index in [1.165, 1.54) is 11.8 Å². The Kier molecular flexibility index (Phi) is 8.22. The third-order valence-electron chi connectivity index (χ3n) is 6.26. The summed E-state index contributed by atoms with van der Waals surface area (Å²) in [6.45, 7) is 3.88. The van der Waals surface area contributed by atoms with Crippen LogP contribution in [0.25, 0.3) is 17.0 Å². The highest BCUT2D eigenvalue weighted by molar-refractivity contribution is 8.04. The van der Waals surface area contributed by atoms with Crippen molar-refractivity contribution in [3.05, 3.63) is 88.3 Å². The van der Waals surface area contributed by atoms with Gasteiger partial charge in [-0.3, -0.25) is 4.79 Å². The maximum atomic E-state index is 13.4. The van der Waals surface area contributed by atoms with Crippen LogP contribution in [0.1, 0.15) is 18.9 Å². The number of nitrogens with zero attached hydrogens (tertiary/aromatic N) is 4. The van der Waals surface area contributed by atoms with Gasteiger partial charge in [0, 0.05) is 36.3 Å². The summed E-state index contributed by atoms with van der Waals surface area (Å²) in [6.07, 6.45) is 6.29. The van der Waals surface area contributed by atoms with Gasteiger partial charge in [0.25, 0.3) is 5.91 Å². The Morgan fingerprint density at radius 3 is 2.55 bits per heavy atom. The second kappa shape index (κ2) is 11.9. The van der Waals surface area contributed by atoms with Crippen LogP contribution >= 0.6 is 23.4 Å². The molecule has 0 N–H and O–H groups in total. The first-order valence-electron chi connectivity index (χ1n) is 12.4. The number of carbonyl (C=O) groups is 1. The highest BCUT2D eigenvalue weighted by Crippen LogP contribution is 2.43. The van der Waals surface area contributed by atoms with E-state index in [1.807, 2.05) is 78.2 Å². The number of rotatable bonds is 10. The van der Waals surface area contributed by atoms with Gasteiger partial charge in [-0.1, -0.05) is 48.0 Å². The fourth-order valence-electron chi connectivity index (χ4n) is 4.44. The normalized spacial score (nSPS) is 16.8. The molecule has 2 aromatic carbocycles. The summed E-state index contributed by atoms with van der Waals surface area (Å²) in [7, 11) is 1.64. The molecule has 2 aliphatic rings. The summed E-state index contributed by atoms with van der Waals surface area (Å²) >= 11 is 7.69. The van der Waals surface area contributed by atoms with Crippen LogP contribution in [0.15, 0.2) is 92.9 Å². The van der Waals surface area contributed by atoms with Gasteiger partial charge in [0.1, 0.15) is 5.75 Å². The van der Waals surface area contributed by atoms with Gasteiger partial charge in [-0.25, -0.2) is 4.99 Å². The molecule has 194 valence electrons. The molecule has 0 bridgehead atoms. The first-order chi connectivity index (χ1) is 18.6. The molecule has 0 spiro atoms. The largest absolute Gasteiger partial charge is 0.497 e. The van der Waals surface area contributed by atoms with E-state index in [-0.39, 0.29) is 11.8 Å². The average Bonchev–Trinajstić information content (AvgIpc) is 3.34. The van der Waals surface area contributed by atoms with Crippen molar-refractivity contribution < 1.29 is 14.3 Å². The first kappa shape index (κ1) is 26.2. The van der Waals surface area contributed by atoms with Gasteiger partial charge in [0.05, 0.1) is 17.7 Å². The van der Waals surface area contributed by atoms with Crippen LogP contribution in [-0.4, -0.2) is 46.7 Å². The second-order valence-corrected chi connectivity index (χ2v) is 10.1. The van der Waals surface area contributed by atoms with Crippen molar-refractivity contribution in [3.8, 4) is 17.1 Å². The van der Waals surface area contributed by atoms with Gasteiger partial charge in [-0.05, 0) is 72.7 Å². The Labute approximate surface area is 230 Å². The standard InChI is InChI=1S/C29H27ClN4O3S/c1-3-37-17-7-16-34-27(20-10-13-22(36-2)14-11-20)32-33-29(34)38-26-25(19-8-5-4-6-9-19)23-18-21(30)12-15-24(23)31-28(26)35/h4-6,8-15,18,23H,3,7,16-17H2,1-2H3. The van der Waals surface area contributed by atoms with Gasteiger partial charge in [0.15, 0.2) is 11.0 Å². The smallest absolute Gasteiger partial charge is 0.284 e. The molecule has 9 heteroatoms. The molecule has 1 atom stereocenters. The monoisotopic (exact) mass is 546 g/mol. The molecule has 0 saturated carbocycles. The lowest BCUT2D eigenvalue weighted by Gasteiger charge is -2.26. The van der Waals surface area contributed by atoms with Gasteiger partial charge in [0.2, 0.25) is 0 Å². The Balaban J connectivity index is 1.58. The van der Waals surface area contributed by atoms with E-state index in [1.54, 1.807) is 13.2 Å². The quantitative estimate of drug-likeness (QED) is 0.283. The molecule has 1 amide bonds. The van der Waals surface area contributed by atoms with Crippen LogP contribution in [0.5, 0.6) is 5.75 Å². The van der Waals surface area contributed by atoms with Crippen molar-refractivity contribution >= 4 is 40.6 Å². The Hall–Kier alpha value is -3.46. The number of methoxy groups -OCH3 is 1. The number of aromatic nitrogens is 3. The van der Waals surface area contributed by atoms with E-state index in [2.05, 4.69) is 15.2 Å². The molecule has 7 nitrogen and oxygen atoms in total. The molecule has 1 aromatic heterocycles. The van der Waals surface area contributed by atoms with Crippen LogP contribution in [0.3, 0.4) is 0 Å². The molecule has 0 fully saturated rings. The molecule has 1 unspecified atom stereocenters. The fraction of sp³-hybridized carbons (Fsp3) is 0.241. The number of thioether (sulfide) groups is 1. The fourth-order valence-corrected chi connectivity index (χ4v) is 5.67. The summed E-state index contributed by atoms with van der Waals surface area (Å²) in [5, 5.41) is 10.3. The maximum Gasteiger partial charge on any atom is 0.284 e. The van der Waals surface area contributed by atoms with Crippen molar-refractivity contribution in [2.45, 2.75) is 25.0 Å². The van der Waals surface area contributed by atoms with E-state index >= 15 is 0 Å². The van der Waals surface area contributed by atoms with E-state index in [9.17, 15) is 4.79 Å². The number of hydrogen-bond donors (Lipinski definition) is 0. The van der Waals surface area contributed by atoms with Crippen LogP contribution in [-0.2, 0) is 16.1 Å². The summed E-state index contributed by atoms with van der Waals surface area (Å²) in [5.74, 6) is 0.944. The van der Waals surface area contributed by atoms with Gasteiger partial charge in [-0.15, -0.1) is 10.2 Å². The van der Waals surface area contributed by atoms with Crippen molar-refractivity contribution in [1.82, 2.24) is 14.8 Å². The zero-order chi connectivity index (χ0) is 26.5. The van der Waals surface area contributed by atoms with Crippen molar-refractivity contribution in [3.63, 3.8) is 0 Å². The molecule has 3 aromatic rings. The number of benzene rings is 2. The predicted molar refractivity (Wildman–Crippen MR) is 151 cm³/mol. The Bertz CT molecular complexity index is 1440. The number of fused-ring (bicyclic) bond motifs is 1. The highest BCUT2D eigenvalue weighted by atomic mass is 35.5. The van der Waals surface area contributed by atoms with Crippen molar-refractivity contribution in [1.29, 1.82) is 0 Å². The number of halogens is 1. The molecule has 0 saturated heterocycles. The topological polar surface area (TPSA) is 78.6 Å². The zero-order valence-corrected chi connectivity index (χ0v) is 22.7. The Morgan fingerprint density at radius 2 is 1.82 bits per heavy atom. The van der Waals surface area contributed by atoms with E-state index in [0.29, 0.717) is 46.4 Å². The van der Waals surface area contributed by atoms with Crippen LogP contribution in [0.4, 0.5) is 0 Å². The predicted octanol–water partition coefficient (Wildman–Crippen LogP) is 6.17. The van der Waals surface area contributed by atoms with Crippen LogP contribution < -0.4 is 4.74 Å². The molecule has 38 heavy (non-hydrogen) atoms. The number of dihydropyridines is 1. The summed E-state index contributed by atoms with van der Waals surface area (Å²) in [5.41, 5.74) is 3.39. The van der Waals surface area contributed by atoms with Crippen molar-refractivity contribution in [2.24, 2.45) is 10.9 Å². The Morgan fingerprint density at radius 1 is 1.03 bits per heavy atom. The summed E-state index contributed by atoms with van der Waals surface area (Å²) in [4.78, 5) is 18.4. The molecule has 2 heterocycles. The minimum Gasteiger partial charge on any atom is -0.497 e. The second-order valence-electron chi connectivity index (χ2n) is 8.65. The molecule has 0 radical (unpaired) electrons. The van der Waals surface area contributed by atoms with Gasteiger partial charge < -0.3 is 14.0 Å². The average molecular weight is 547 g/mol. The molecular weight excluding hydrogens is 520 g/mol. The third kappa shape index (κ3) is 5.53. The van der Waals surface area contributed by atoms with Gasteiger partial charge >= 0.3 is 0 Å². The number of aliphatic imine (C=N–C) groups is 1. The summed E-state index contributed by atoms with van der Waals surface area (Å²) in [6, 6.07) is 17.6. The van der Waals surface area contributed by atoms with Gasteiger partial charge in [-0.2, -0.15) is 0 Å². The number of amides is 1. The molecular formula is C29H27ClN4O3S. The molecule has 5 rings (SSSR count). The highest BCUT2D eigenvalue weighted by Gasteiger charge is 2.33. The molecule has 1 aliphatic heterocycles. The van der Waals surface area contributed by atoms with Crippen LogP contribution in [0, 0.1) is 5.92 Å². The SMILES string of the molecule is CCOCCCn1c(SC2=C(c3ccccc3)C3C=C(Cl)C=CC3=NC2=O)nnc1-c1ccc(OC)cc1. The number of hydrogen-bond acceptors (Lipinski definition) is 6. The van der Waals surface area contributed by atoms with Crippen molar-refractivity contribution in [2.75, 3.05) is 20.3 Å². The number of carbonyl (C=O) groups excluding carboxylic acids is 1. The van der Waals surface area contributed by atoms with Crippen LogP contribution in [0.2, 0.25) is 0 Å². The lowest BCUT2D eigenvalue weighted by molar-refractivity contribution is -0.113. The number of ether oxygens (including phenoxy) is 2. The zero-order valence-electron chi connectivity index (χ0n) is 21.1. The maximum absolute atomic E-state index is 13.4. The minimum absolute atomic E-state index is 0.231. The third-order valence-corrected chi connectivity index (χ3v) is 7.59. The van der Waals surface area contributed by atoms with E-state index in [0.717, 1.165) is 28.9 Å². The van der Waals surface area contributed by atoms with E-state index < -0.39 is 0 Å². The minimum atomic E-state index is -0.300. The molecule has 1 aliphatic carbocycles. The lowest BCUT2D eigenvalue weighted by Crippen LogP contribution is -2.24. The number of allylic oxidation sites excluding steroid dienone is 5. The lowest BCUT2D eigenvalue weighted by atomic mass is 9.84. The summed E-state index contributed by atoms with van der Waals surface area (Å²) < 4.78 is 12.9. The first-order valence-corrected chi connectivity index (χ1v) is 13.6.